The molecule has 0 fully saturated rings. The van der Waals surface area contributed by atoms with Crippen LogP contribution in [0.5, 0.6) is 5.75 Å². The minimum atomic E-state index is -0.539. The topological polar surface area (TPSA) is 80.0 Å². The van der Waals surface area contributed by atoms with Gasteiger partial charge in [-0.25, -0.2) is 0 Å². The highest BCUT2D eigenvalue weighted by Crippen LogP contribution is 2.38. The molecular formula is C16H17Cl3N4O2. The van der Waals surface area contributed by atoms with Gasteiger partial charge in [-0.1, -0.05) is 41.2 Å². The van der Waals surface area contributed by atoms with Crippen LogP contribution in [0.2, 0.25) is 15.1 Å². The number of carbonyl (C=O) groups excluding carboxylic acids is 1. The number of aromatic nitrogens is 3. The van der Waals surface area contributed by atoms with Gasteiger partial charge in [-0.05, 0) is 18.9 Å². The Bertz CT molecular complexity index is 781. The van der Waals surface area contributed by atoms with Crippen LogP contribution in [0.15, 0.2) is 6.07 Å². The zero-order chi connectivity index (χ0) is 18.0. The number of hydrogen-bond acceptors (Lipinski definition) is 4. The zero-order valence-corrected chi connectivity index (χ0v) is 15.6. The maximum Gasteiger partial charge on any atom is 0.256 e. The molecule has 0 saturated heterocycles. The van der Waals surface area contributed by atoms with Crippen LogP contribution in [0.1, 0.15) is 41.3 Å². The number of hydrogen-bond donors (Lipinski definition) is 2. The Morgan fingerprint density at radius 2 is 2.00 bits per heavy atom. The van der Waals surface area contributed by atoms with Gasteiger partial charge in [0.05, 0.1) is 15.1 Å². The second kappa shape index (κ2) is 7.81. The summed E-state index contributed by atoms with van der Waals surface area (Å²) in [5.74, 6) is 0.921. The van der Waals surface area contributed by atoms with Gasteiger partial charge in [0.2, 0.25) is 0 Å². The first kappa shape index (κ1) is 18.3. The third-order valence-electron chi connectivity index (χ3n) is 4.19. The molecule has 1 aliphatic heterocycles. The van der Waals surface area contributed by atoms with E-state index in [2.05, 4.69) is 20.1 Å². The summed E-state index contributed by atoms with van der Waals surface area (Å²) in [6.07, 6.45) is 4.89. The number of aromatic hydroxyl groups is 1. The molecule has 1 aromatic heterocycles. The minimum Gasteiger partial charge on any atom is -0.505 e. The number of nitrogens with zero attached hydrogens (tertiary/aromatic N) is 3. The van der Waals surface area contributed by atoms with Crippen LogP contribution in [0.4, 0.5) is 0 Å². The predicted molar refractivity (Wildman–Crippen MR) is 96.8 cm³/mol. The van der Waals surface area contributed by atoms with E-state index < -0.39 is 5.91 Å². The van der Waals surface area contributed by atoms with Crippen LogP contribution >= 0.6 is 34.8 Å². The number of rotatable bonds is 4. The Balaban J connectivity index is 1.67. The van der Waals surface area contributed by atoms with Crippen molar-refractivity contribution in [3.8, 4) is 5.75 Å². The lowest BCUT2D eigenvalue weighted by Crippen LogP contribution is -2.27. The smallest absolute Gasteiger partial charge is 0.256 e. The maximum absolute atomic E-state index is 12.3. The highest BCUT2D eigenvalue weighted by Gasteiger charge is 2.21. The Morgan fingerprint density at radius 1 is 1.20 bits per heavy atom. The van der Waals surface area contributed by atoms with Crippen molar-refractivity contribution in [2.24, 2.45) is 0 Å². The van der Waals surface area contributed by atoms with Crippen LogP contribution in [0.25, 0.3) is 0 Å². The normalized spacial score (nSPS) is 14.0. The molecule has 9 heteroatoms. The third kappa shape index (κ3) is 3.86. The Hall–Kier alpha value is -1.50. The molecule has 0 radical (unpaired) electrons. The first-order valence-corrected chi connectivity index (χ1v) is 9.18. The van der Waals surface area contributed by atoms with Gasteiger partial charge >= 0.3 is 0 Å². The van der Waals surface area contributed by atoms with Crippen molar-refractivity contribution in [3.05, 3.63) is 38.3 Å². The van der Waals surface area contributed by atoms with E-state index in [-0.39, 0.29) is 26.4 Å². The first-order chi connectivity index (χ1) is 12.0. The van der Waals surface area contributed by atoms with Crippen LogP contribution in [-0.2, 0) is 19.4 Å². The number of phenols is 1. The SMILES string of the molecule is O=C(NCCc1nnc2n1CCCCC2)c1c(O)c(Cl)cc(Cl)c1Cl. The van der Waals surface area contributed by atoms with Crippen molar-refractivity contribution in [1.82, 2.24) is 20.1 Å². The highest BCUT2D eigenvalue weighted by atomic mass is 35.5. The fourth-order valence-electron chi connectivity index (χ4n) is 2.90. The second-order valence-corrected chi connectivity index (χ2v) is 7.07. The molecule has 1 aromatic carbocycles. The fourth-order valence-corrected chi connectivity index (χ4v) is 3.59. The van der Waals surface area contributed by atoms with Gasteiger partial charge in [0, 0.05) is 25.9 Å². The summed E-state index contributed by atoms with van der Waals surface area (Å²) in [7, 11) is 0. The molecule has 0 spiro atoms. The molecule has 0 aliphatic carbocycles. The molecule has 1 amide bonds. The average Bonchev–Trinajstić information content (AvgIpc) is 2.80. The van der Waals surface area contributed by atoms with Crippen molar-refractivity contribution in [2.75, 3.05) is 6.54 Å². The number of amides is 1. The molecule has 1 aliphatic rings. The molecule has 6 nitrogen and oxygen atoms in total. The summed E-state index contributed by atoms with van der Waals surface area (Å²) in [6, 6.07) is 1.29. The molecule has 0 unspecified atom stereocenters. The van der Waals surface area contributed by atoms with Crippen molar-refractivity contribution in [3.63, 3.8) is 0 Å². The van der Waals surface area contributed by atoms with Crippen LogP contribution < -0.4 is 5.32 Å². The Labute approximate surface area is 160 Å². The molecule has 2 heterocycles. The van der Waals surface area contributed by atoms with E-state index in [4.69, 9.17) is 34.8 Å². The summed E-state index contributed by atoms with van der Waals surface area (Å²) in [5.41, 5.74) is -0.126. The molecule has 2 aromatic rings. The monoisotopic (exact) mass is 402 g/mol. The molecule has 0 bridgehead atoms. The summed E-state index contributed by atoms with van der Waals surface area (Å²) in [4.78, 5) is 12.3. The molecular weight excluding hydrogens is 387 g/mol. The van der Waals surface area contributed by atoms with Crippen molar-refractivity contribution < 1.29 is 9.90 Å². The van der Waals surface area contributed by atoms with Crippen LogP contribution in [0.3, 0.4) is 0 Å². The summed E-state index contributed by atoms with van der Waals surface area (Å²) < 4.78 is 2.12. The molecule has 25 heavy (non-hydrogen) atoms. The van der Waals surface area contributed by atoms with Crippen LogP contribution in [-0.4, -0.2) is 32.3 Å². The number of benzene rings is 1. The lowest BCUT2D eigenvalue weighted by Gasteiger charge is -2.11. The van der Waals surface area contributed by atoms with E-state index in [0.717, 1.165) is 37.5 Å². The van der Waals surface area contributed by atoms with Gasteiger partial charge < -0.3 is 15.0 Å². The molecule has 134 valence electrons. The van der Waals surface area contributed by atoms with E-state index >= 15 is 0 Å². The highest BCUT2D eigenvalue weighted by molar-refractivity contribution is 6.45. The van der Waals surface area contributed by atoms with Gasteiger partial charge in [0.15, 0.2) is 0 Å². The molecule has 0 atom stereocenters. The lowest BCUT2D eigenvalue weighted by molar-refractivity contribution is 0.0951. The van der Waals surface area contributed by atoms with Gasteiger partial charge in [-0.15, -0.1) is 10.2 Å². The number of fused-ring (bicyclic) bond motifs is 1. The second-order valence-electron chi connectivity index (χ2n) is 5.88. The van der Waals surface area contributed by atoms with E-state index in [1.807, 2.05) is 0 Å². The van der Waals surface area contributed by atoms with Crippen LogP contribution in [0, 0.1) is 0 Å². The first-order valence-electron chi connectivity index (χ1n) is 8.04. The number of phenolic OH excluding ortho intramolecular Hbond substituents is 1. The predicted octanol–water partition coefficient (Wildman–Crippen LogP) is 3.64. The fraction of sp³-hybridized carbons (Fsp3) is 0.438. The van der Waals surface area contributed by atoms with Crippen molar-refractivity contribution in [2.45, 2.75) is 38.6 Å². The summed E-state index contributed by atoms with van der Waals surface area (Å²) >= 11 is 17.8. The summed E-state index contributed by atoms with van der Waals surface area (Å²) in [5, 5.41) is 21.2. The van der Waals surface area contributed by atoms with E-state index in [0.29, 0.717) is 13.0 Å². The minimum absolute atomic E-state index is 0.0256. The third-order valence-corrected chi connectivity index (χ3v) is 5.27. The van der Waals surface area contributed by atoms with Crippen molar-refractivity contribution in [1.29, 1.82) is 0 Å². The molecule has 3 rings (SSSR count). The lowest BCUT2D eigenvalue weighted by atomic mass is 10.2. The number of halogens is 3. The van der Waals surface area contributed by atoms with Gasteiger partial charge in [-0.3, -0.25) is 4.79 Å². The number of carbonyl (C=O) groups is 1. The number of nitrogens with one attached hydrogen (secondary N) is 1. The molecule has 2 N–H and O–H groups in total. The zero-order valence-electron chi connectivity index (χ0n) is 13.4. The average molecular weight is 404 g/mol. The van der Waals surface area contributed by atoms with Crippen molar-refractivity contribution >= 4 is 40.7 Å². The van der Waals surface area contributed by atoms with E-state index in [1.165, 1.54) is 12.5 Å². The number of aryl methyl sites for hydroxylation is 1. The summed E-state index contributed by atoms with van der Waals surface area (Å²) in [6.45, 7) is 1.24. The van der Waals surface area contributed by atoms with Gasteiger partial charge in [0.25, 0.3) is 5.91 Å². The quantitative estimate of drug-likeness (QED) is 0.764. The molecule has 0 saturated carbocycles. The Kier molecular flexibility index (Phi) is 5.71. The van der Waals surface area contributed by atoms with Gasteiger partial charge in [0.1, 0.15) is 23.0 Å². The van der Waals surface area contributed by atoms with E-state index in [9.17, 15) is 9.90 Å². The maximum atomic E-state index is 12.3. The standard InChI is InChI=1S/C16H17Cl3N4O2/c17-9-8-10(18)15(24)13(14(9)19)16(25)20-6-5-12-22-21-11-4-2-1-3-7-23(11)12/h8,24H,1-7H2,(H,20,25). The Morgan fingerprint density at radius 3 is 2.80 bits per heavy atom. The van der Waals surface area contributed by atoms with Gasteiger partial charge in [-0.2, -0.15) is 0 Å². The largest absolute Gasteiger partial charge is 0.505 e. The van der Waals surface area contributed by atoms with E-state index in [1.54, 1.807) is 0 Å².